The van der Waals surface area contributed by atoms with Crippen molar-refractivity contribution in [2.45, 2.75) is 0 Å². The number of rotatable bonds is 6. The number of carbonyl (C=O) groups is 2. The lowest BCUT2D eigenvalue weighted by atomic mass is 10.3. The van der Waals surface area contributed by atoms with Crippen molar-refractivity contribution < 1.29 is 9.59 Å². The standard InChI is InChI=1S/C16H15IN2O2S/c17-13-8-4-5-9-14(13)19-16(21)11-22-10-15(20)18-12-6-2-1-3-7-12/h1-9H,10-11H2,(H,18,20)(H,19,21). The molecule has 2 aromatic carbocycles. The molecule has 0 saturated heterocycles. The number of carbonyl (C=O) groups excluding carboxylic acids is 2. The summed E-state index contributed by atoms with van der Waals surface area (Å²) in [5.41, 5.74) is 1.55. The molecule has 6 heteroatoms. The van der Waals surface area contributed by atoms with Crippen molar-refractivity contribution in [1.82, 2.24) is 0 Å². The van der Waals surface area contributed by atoms with Gasteiger partial charge in [0.2, 0.25) is 11.8 Å². The molecule has 0 aromatic heterocycles. The summed E-state index contributed by atoms with van der Waals surface area (Å²) < 4.78 is 0.986. The second kappa shape index (κ2) is 8.79. The molecule has 22 heavy (non-hydrogen) atoms. The molecule has 2 N–H and O–H groups in total. The number of anilines is 2. The predicted molar refractivity (Wildman–Crippen MR) is 100 cm³/mol. The van der Waals surface area contributed by atoms with Crippen molar-refractivity contribution in [1.29, 1.82) is 0 Å². The van der Waals surface area contributed by atoms with Crippen molar-refractivity contribution in [2.75, 3.05) is 22.1 Å². The second-order valence-corrected chi connectivity index (χ2v) is 6.58. The largest absolute Gasteiger partial charge is 0.325 e. The fourth-order valence-electron chi connectivity index (χ4n) is 1.70. The molecular formula is C16H15IN2O2S. The van der Waals surface area contributed by atoms with Crippen LogP contribution in [-0.4, -0.2) is 23.3 Å². The first-order chi connectivity index (χ1) is 10.6. The molecule has 0 heterocycles. The first kappa shape index (κ1) is 16.8. The molecule has 0 aliphatic rings. The Morgan fingerprint density at radius 3 is 2.14 bits per heavy atom. The summed E-state index contributed by atoms with van der Waals surface area (Å²) in [6.45, 7) is 0. The highest BCUT2D eigenvalue weighted by molar-refractivity contribution is 14.1. The Kier molecular flexibility index (Phi) is 6.73. The summed E-state index contributed by atoms with van der Waals surface area (Å²) in [5.74, 6) is 0.265. The van der Waals surface area contributed by atoms with Crippen LogP contribution in [-0.2, 0) is 9.59 Å². The van der Waals surface area contributed by atoms with Gasteiger partial charge in [0.15, 0.2) is 0 Å². The van der Waals surface area contributed by atoms with Crippen molar-refractivity contribution in [3.05, 3.63) is 58.2 Å². The average Bonchev–Trinajstić information content (AvgIpc) is 2.50. The molecule has 114 valence electrons. The molecule has 0 saturated carbocycles. The SMILES string of the molecule is O=C(CSCC(=O)Nc1ccccc1I)Nc1ccccc1. The maximum absolute atomic E-state index is 11.8. The van der Waals surface area contributed by atoms with E-state index in [0.29, 0.717) is 0 Å². The zero-order valence-corrected chi connectivity index (χ0v) is 14.7. The molecule has 0 spiro atoms. The van der Waals surface area contributed by atoms with Gasteiger partial charge in [0, 0.05) is 9.26 Å². The highest BCUT2D eigenvalue weighted by Gasteiger charge is 2.07. The molecule has 0 bridgehead atoms. The Morgan fingerprint density at radius 1 is 0.864 bits per heavy atom. The van der Waals surface area contributed by atoms with Gasteiger partial charge in [-0.05, 0) is 46.9 Å². The van der Waals surface area contributed by atoms with Crippen molar-refractivity contribution in [3.63, 3.8) is 0 Å². The monoisotopic (exact) mass is 426 g/mol. The third-order valence-corrected chi connectivity index (χ3v) is 4.55. The van der Waals surface area contributed by atoms with Crippen molar-refractivity contribution in [3.8, 4) is 0 Å². The minimum absolute atomic E-state index is 0.110. The summed E-state index contributed by atoms with van der Waals surface area (Å²) in [6, 6.07) is 16.8. The van der Waals surface area contributed by atoms with Crippen LogP contribution in [0.25, 0.3) is 0 Å². The van der Waals surface area contributed by atoms with E-state index < -0.39 is 0 Å². The number of hydrogen-bond donors (Lipinski definition) is 2. The quantitative estimate of drug-likeness (QED) is 0.695. The molecular weight excluding hydrogens is 411 g/mol. The van der Waals surface area contributed by atoms with Gasteiger partial charge in [-0.3, -0.25) is 9.59 Å². The molecule has 0 unspecified atom stereocenters. The van der Waals surface area contributed by atoms with Gasteiger partial charge < -0.3 is 10.6 Å². The van der Waals surface area contributed by atoms with E-state index in [1.54, 1.807) is 0 Å². The van der Waals surface area contributed by atoms with E-state index in [1.807, 2.05) is 54.6 Å². The zero-order valence-electron chi connectivity index (χ0n) is 11.7. The molecule has 0 aliphatic heterocycles. The Morgan fingerprint density at radius 2 is 1.45 bits per heavy atom. The normalized spacial score (nSPS) is 10.0. The van der Waals surface area contributed by atoms with Gasteiger partial charge >= 0.3 is 0 Å². The zero-order chi connectivity index (χ0) is 15.8. The smallest absolute Gasteiger partial charge is 0.234 e. The van der Waals surface area contributed by atoms with Gasteiger partial charge in [0.1, 0.15) is 0 Å². The lowest BCUT2D eigenvalue weighted by Crippen LogP contribution is -2.18. The van der Waals surface area contributed by atoms with Crippen molar-refractivity contribution in [2.24, 2.45) is 0 Å². The summed E-state index contributed by atoms with van der Waals surface area (Å²) in [6.07, 6.45) is 0. The van der Waals surface area contributed by atoms with E-state index >= 15 is 0 Å². The van der Waals surface area contributed by atoms with Crippen LogP contribution in [0.15, 0.2) is 54.6 Å². The number of benzene rings is 2. The van der Waals surface area contributed by atoms with E-state index in [2.05, 4.69) is 33.2 Å². The topological polar surface area (TPSA) is 58.2 Å². The molecule has 0 aliphatic carbocycles. The number of halogens is 1. The van der Waals surface area contributed by atoms with Gasteiger partial charge in [0.25, 0.3) is 0 Å². The van der Waals surface area contributed by atoms with E-state index in [9.17, 15) is 9.59 Å². The maximum atomic E-state index is 11.8. The lowest BCUT2D eigenvalue weighted by Gasteiger charge is -2.07. The average molecular weight is 426 g/mol. The first-order valence-electron chi connectivity index (χ1n) is 6.62. The fourth-order valence-corrected chi connectivity index (χ4v) is 2.84. The molecule has 2 aromatic rings. The molecule has 2 amide bonds. The van der Waals surface area contributed by atoms with E-state index in [4.69, 9.17) is 0 Å². The van der Waals surface area contributed by atoms with E-state index in [-0.39, 0.29) is 23.3 Å². The van der Waals surface area contributed by atoms with Gasteiger partial charge in [-0.1, -0.05) is 30.3 Å². The number of thioether (sulfide) groups is 1. The van der Waals surface area contributed by atoms with Crippen molar-refractivity contribution >= 4 is 57.5 Å². The Labute approximate surface area is 147 Å². The van der Waals surface area contributed by atoms with Crippen LogP contribution in [0.1, 0.15) is 0 Å². The molecule has 4 nitrogen and oxygen atoms in total. The molecule has 0 radical (unpaired) electrons. The Hall–Kier alpha value is -1.54. The van der Waals surface area contributed by atoms with Crippen LogP contribution in [0.5, 0.6) is 0 Å². The number of nitrogens with one attached hydrogen (secondary N) is 2. The van der Waals surface area contributed by atoms with Gasteiger partial charge in [-0.15, -0.1) is 11.8 Å². The minimum atomic E-state index is -0.113. The summed E-state index contributed by atoms with van der Waals surface area (Å²) in [5, 5.41) is 5.62. The van der Waals surface area contributed by atoms with Crippen LogP contribution >= 0.6 is 34.4 Å². The molecule has 2 rings (SSSR count). The summed E-state index contributed by atoms with van der Waals surface area (Å²) in [7, 11) is 0. The van der Waals surface area contributed by atoms with E-state index in [1.165, 1.54) is 11.8 Å². The van der Waals surface area contributed by atoms with Crippen LogP contribution in [0.2, 0.25) is 0 Å². The van der Waals surface area contributed by atoms with E-state index in [0.717, 1.165) is 14.9 Å². The second-order valence-electron chi connectivity index (χ2n) is 4.44. The van der Waals surface area contributed by atoms with Crippen LogP contribution in [0, 0.1) is 3.57 Å². The fraction of sp³-hybridized carbons (Fsp3) is 0.125. The summed E-state index contributed by atoms with van der Waals surface area (Å²) >= 11 is 3.46. The third-order valence-electron chi connectivity index (χ3n) is 2.67. The molecule has 0 atom stereocenters. The maximum Gasteiger partial charge on any atom is 0.234 e. The first-order valence-corrected chi connectivity index (χ1v) is 8.85. The van der Waals surface area contributed by atoms with Crippen LogP contribution in [0.4, 0.5) is 11.4 Å². The lowest BCUT2D eigenvalue weighted by molar-refractivity contribution is -0.114. The number of hydrogen-bond acceptors (Lipinski definition) is 3. The molecule has 0 fully saturated rings. The van der Waals surface area contributed by atoms with Gasteiger partial charge in [0.05, 0.1) is 17.2 Å². The highest BCUT2D eigenvalue weighted by Crippen LogP contribution is 2.17. The number of amides is 2. The third kappa shape index (κ3) is 5.69. The summed E-state index contributed by atoms with van der Waals surface area (Å²) in [4.78, 5) is 23.6. The minimum Gasteiger partial charge on any atom is -0.325 e. The Balaban J connectivity index is 1.71. The number of para-hydroxylation sites is 2. The van der Waals surface area contributed by atoms with Gasteiger partial charge in [-0.2, -0.15) is 0 Å². The van der Waals surface area contributed by atoms with Crippen LogP contribution in [0.3, 0.4) is 0 Å². The highest BCUT2D eigenvalue weighted by atomic mass is 127. The predicted octanol–water partition coefficient (Wildman–Crippen LogP) is 3.60. The van der Waals surface area contributed by atoms with Gasteiger partial charge in [-0.25, -0.2) is 0 Å². The van der Waals surface area contributed by atoms with Crippen LogP contribution < -0.4 is 10.6 Å². The Bertz CT molecular complexity index is 650.